The Balaban J connectivity index is 2.48. The topological polar surface area (TPSA) is 49.3 Å². The Labute approximate surface area is 134 Å². The van der Waals surface area contributed by atoms with E-state index < -0.39 is 17.3 Å². The maximum atomic E-state index is 14.1. The second-order valence-electron chi connectivity index (χ2n) is 4.69. The molecule has 2 N–H and O–H groups in total. The molecule has 0 aliphatic rings. The zero-order chi connectivity index (χ0) is 15.6. The molecule has 0 heterocycles. The number of nitrogens with one attached hydrogen (secondary N) is 1. The van der Waals surface area contributed by atoms with Crippen molar-refractivity contribution in [2.75, 3.05) is 5.32 Å². The Morgan fingerprint density at radius 3 is 2.62 bits per heavy atom. The van der Waals surface area contributed by atoms with Gasteiger partial charge in [0.25, 0.3) is 0 Å². The molecule has 1 atom stereocenters. The fourth-order valence-corrected chi connectivity index (χ4v) is 2.51. The summed E-state index contributed by atoms with van der Waals surface area (Å²) in [6.07, 6.45) is 0. The number of carboxylic acids is 1. The van der Waals surface area contributed by atoms with Crippen LogP contribution in [0.25, 0.3) is 0 Å². The Morgan fingerprint density at radius 1 is 1.33 bits per heavy atom. The number of hydrogen-bond donors (Lipinski definition) is 2. The molecular formula is C15H12BrClFNO2. The van der Waals surface area contributed by atoms with Crippen molar-refractivity contribution in [1.29, 1.82) is 0 Å². The maximum absolute atomic E-state index is 14.1. The molecule has 3 nitrogen and oxygen atoms in total. The largest absolute Gasteiger partial charge is 0.479 e. The molecule has 2 aromatic rings. The third kappa shape index (κ3) is 3.36. The fraction of sp³-hybridized carbons (Fsp3) is 0.133. The molecule has 0 radical (unpaired) electrons. The summed E-state index contributed by atoms with van der Waals surface area (Å²) in [4.78, 5) is 11.7. The number of aliphatic carboxylic acids is 1. The summed E-state index contributed by atoms with van der Waals surface area (Å²) in [5.74, 6) is -1.80. The van der Waals surface area contributed by atoms with Gasteiger partial charge in [-0.3, -0.25) is 0 Å². The SMILES string of the molecule is CC(Nc1cccc(Cl)c1)(C(=O)O)c1ccc(Br)cc1F. The number of benzene rings is 2. The van der Waals surface area contributed by atoms with E-state index in [1.165, 1.54) is 19.1 Å². The average molecular weight is 373 g/mol. The van der Waals surface area contributed by atoms with E-state index in [1.807, 2.05) is 0 Å². The van der Waals surface area contributed by atoms with Gasteiger partial charge in [-0.2, -0.15) is 0 Å². The smallest absolute Gasteiger partial charge is 0.333 e. The second kappa shape index (κ2) is 6.03. The van der Waals surface area contributed by atoms with E-state index in [-0.39, 0.29) is 5.56 Å². The molecule has 21 heavy (non-hydrogen) atoms. The van der Waals surface area contributed by atoms with Gasteiger partial charge in [0.05, 0.1) is 0 Å². The lowest BCUT2D eigenvalue weighted by Gasteiger charge is -2.28. The highest BCUT2D eigenvalue weighted by molar-refractivity contribution is 9.10. The number of rotatable bonds is 4. The predicted molar refractivity (Wildman–Crippen MR) is 84.2 cm³/mol. The molecule has 0 aliphatic carbocycles. The van der Waals surface area contributed by atoms with Crippen LogP contribution in [0, 0.1) is 5.82 Å². The van der Waals surface area contributed by atoms with Gasteiger partial charge < -0.3 is 10.4 Å². The van der Waals surface area contributed by atoms with Gasteiger partial charge in [0, 0.05) is 20.7 Å². The minimum absolute atomic E-state index is 0.0400. The number of halogens is 3. The molecule has 0 bridgehead atoms. The summed E-state index contributed by atoms with van der Waals surface area (Å²) >= 11 is 9.03. The van der Waals surface area contributed by atoms with Gasteiger partial charge in [-0.1, -0.05) is 39.7 Å². The molecule has 6 heteroatoms. The zero-order valence-electron chi connectivity index (χ0n) is 11.0. The Morgan fingerprint density at radius 2 is 2.05 bits per heavy atom. The summed E-state index contributed by atoms with van der Waals surface area (Å²) < 4.78 is 14.7. The van der Waals surface area contributed by atoms with Crippen molar-refractivity contribution in [3.8, 4) is 0 Å². The van der Waals surface area contributed by atoms with Gasteiger partial charge in [0.1, 0.15) is 5.82 Å². The molecule has 2 aromatic carbocycles. The van der Waals surface area contributed by atoms with E-state index in [0.717, 1.165) is 0 Å². The van der Waals surface area contributed by atoms with Crippen molar-refractivity contribution in [2.24, 2.45) is 0 Å². The van der Waals surface area contributed by atoms with E-state index in [0.29, 0.717) is 15.2 Å². The molecule has 0 aromatic heterocycles. The van der Waals surface area contributed by atoms with Crippen LogP contribution in [0.4, 0.5) is 10.1 Å². The lowest BCUT2D eigenvalue weighted by molar-refractivity contribution is -0.142. The van der Waals surface area contributed by atoms with Crippen LogP contribution in [-0.4, -0.2) is 11.1 Å². The zero-order valence-corrected chi connectivity index (χ0v) is 13.4. The lowest BCUT2D eigenvalue weighted by atomic mass is 9.91. The van der Waals surface area contributed by atoms with Crippen molar-refractivity contribution in [2.45, 2.75) is 12.5 Å². The first kappa shape index (κ1) is 15.8. The fourth-order valence-electron chi connectivity index (χ4n) is 1.99. The lowest BCUT2D eigenvalue weighted by Crippen LogP contribution is -2.41. The molecule has 0 amide bonds. The summed E-state index contributed by atoms with van der Waals surface area (Å²) in [6, 6.07) is 10.9. The molecule has 0 saturated heterocycles. The highest BCUT2D eigenvalue weighted by atomic mass is 79.9. The van der Waals surface area contributed by atoms with Crippen LogP contribution in [0.3, 0.4) is 0 Å². The van der Waals surface area contributed by atoms with Gasteiger partial charge in [-0.15, -0.1) is 0 Å². The highest BCUT2D eigenvalue weighted by Gasteiger charge is 2.37. The molecular weight excluding hydrogens is 361 g/mol. The van der Waals surface area contributed by atoms with Crippen molar-refractivity contribution in [3.63, 3.8) is 0 Å². The van der Waals surface area contributed by atoms with E-state index in [1.54, 1.807) is 30.3 Å². The van der Waals surface area contributed by atoms with Gasteiger partial charge in [-0.05, 0) is 37.3 Å². The minimum atomic E-state index is -1.62. The Hall–Kier alpha value is -1.59. The molecule has 0 fully saturated rings. The molecule has 2 rings (SSSR count). The van der Waals surface area contributed by atoms with Crippen LogP contribution in [0.15, 0.2) is 46.9 Å². The van der Waals surface area contributed by atoms with Crippen molar-refractivity contribution < 1.29 is 14.3 Å². The molecule has 0 spiro atoms. The Bertz CT molecular complexity index is 695. The summed E-state index contributed by atoms with van der Waals surface area (Å²) in [5.41, 5.74) is -1.08. The summed E-state index contributed by atoms with van der Waals surface area (Å²) in [7, 11) is 0. The molecule has 0 aliphatic heterocycles. The first-order chi connectivity index (χ1) is 9.83. The Kier molecular flexibility index (Phi) is 4.54. The maximum Gasteiger partial charge on any atom is 0.333 e. The molecule has 1 unspecified atom stereocenters. The standard InChI is InChI=1S/C15H12BrClFNO2/c1-15(14(20)21,12-6-5-9(16)7-13(12)18)19-11-4-2-3-10(17)8-11/h2-8,19H,1H3,(H,20,21). The average Bonchev–Trinajstić information content (AvgIpc) is 2.38. The third-order valence-corrected chi connectivity index (χ3v) is 3.84. The quantitative estimate of drug-likeness (QED) is 0.821. The summed E-state index contributed by atoms with van der Waals surface area (Å²) in [6.45, 7) is 1.41. The molecule has 0 saturated carbocycles. The summed E-state index contributed by atoms with van der Waals surface area (Å²) in [5, 5.41) is 12.8. The number of anilines is 1. The van der Waals surface area contributed by atoms with Crippen LogP contribution in [0.5, 0.6) is 0 Å². The van der Waals surface area contributed by atoms with Gasteiger partial charge in [-0.25, -0.2) is 9.18 Å². The normalized spacial score (nSPS) is 13.5. The van der Waals surface area contributed by atoms with Crippen LogP contribution < -0.4 is 5.32 Å². The van der Waals surface area contributed by atoms with Gasteiger partial charge in [0.15, 0.2) is 5.54 Å². The van der Waals surface area contributed by atoms with Crippen LogP contribution in [0.2, 0.25) is 5.02 Å². The van der Waals surface area contributed by atoms with Gasteiger partial charge in [0.2, 0.25) is 0 Å². The van der Waals surface area contributed by atoms with Crippen LogP contribution in [-0.2, 0) is 10.3 Å². The van der Waals surface area contributed by atoms with Crippen molar-refractivity contribution in [3.05, 3.63) is 63.3 Å². The number of carboxylic acid groups (broad SMARTS) is 1. The second-order valence-corrected chi connectivity index (χ2v) is 6.04. The first-order valence-electron chi connectivity index (χ1n) is 6.05. The number of hydrogen-bond acceptors (Lipinski definition) is 2. The van der Waals surface area contributed by atoms with Gasteiger partial charge >= 0.3 is 5.97 Å². The predicted octanol–water partition coefficient (Wildman–Crippen LogP) is 4.65. The third-order valence-electron chi connectivity index (χ3n) is 3.12. The van der Waals surface area contributed by atoms with E-state index in [4.69, 9.17) is 11.6 Å². The minimum Gasteiger partial charge on any atom is -0.479 e. The van der Waals surface area contributed by atoms with E-state index >= 15 is 0 Å². The number of carbonyl (C=O) groups is 1. The van der Waals surface area contributed by atoms with E-state index in [9.17, 15) is 14.3 Å². The van der Waals surface area contributed by atoms with Crippen LogP contribution in [0.1, 0.15) is 12.5 Å². The monoisotopic (exact) mass is 371 g/mol. The molecule has 110 valence electrons. The van der Waals surface area contributed by atoms with Crippen molar-refractivity contribution >= 4 is 39.2 Å². The highest BCUT2D eigenvalue weighted by Crippen LogP contribution is 2.31. The first-order valence-corrected chi connectivity index (χ1v) is 7.23. The van der Waals surface area contributed by atoms with E-state index in [2.05, 4.69) is 21.2 Å². The van der Waals surface area contributed by atoms with Crippen molar-refractivity contribution in [1.82, 2.24) is 0 Å². The van der Waals surface area contributed by atoms with Crippen LogP contribution >= 0.6 is 27.5 Å².